The molecule has 0 bridgehead atoms. The molecule has 2 heterocycles. The highest BCUT2D eigenvalue weighted by Gasteiger charge is 2.42. The van der Waals surface area contributed by atoms with Crippen molar-refractivity contribution in [3.05, 3.63) is 59.4 Å². The molecule has 3 rings (SSSR count). The second-order valence-electron chi connectivity index (χ2n) is 6.99. The van der Waals surface area contributed by atoms with E-state index in [4.69, 9.17) is 21.1 Å². The number of carbonyl (C=O) groups excluding carboxylic acids is 1. The summed E-state index contributed by atoms with van der Waals surface area (Å²) in [5, 5.41) is 18.2. The van der Waals surface area contributed by atoms with Crippen molar-refractivity contribution >= 4 is 29.2 Å². The van der Waals surface area contributed by atoms with E-state index >= 15 is 0 Å². The molecule has 0 saturated carbocycles. The van der Waals surface area contributed by atoms with Crippen LogP contribution in [0, 0.1) is 16.9 Å². The third kappa shape index (κ3) is 5.92. The quantitative estimate of drug-likeness (QED) is 0.272. The fraction of sp³-hybridized carbons (Fsp3) is 0.333. The van der Waals surface area contributed by atoms with E-state index in [0.717, 1.165) is 0 Å². The van der Waals surface area contributed by atoms with E-state index in [2.05, 4.69) is 25.9 Å². The number of anilines is 1. The van der Waals surface area contributed by atoms with E-state index < -0.39 is 11.6 Å². The van der Waals surface area contributed by atoms with Gasteiger partial charge in [0.15, 0.2) is 6.19 Å². The lowest BCUT2D eigenvalue weighted by Gasteiger charge is -2.40. The van der Waals surface area contributed by atoms with Crippen LogP contribution in [0.3, 0.4) is 0 Å². The Kier molecular flexibility index (Phi) is 7.78. The number of benzene rings is 1. The van der Waals surface area contributed by atoms with Gasteiger partial charge >= 0.3 is 0 Å². The first-order valence-corrected chi connectivity index (χ1v) is 10.1. The average Bonchev–Trinajstić information content (AvgIpc) is 2.80. The van der Waals surface area contributed by atoms with Gasteiger partial charge in [0.05, 0.1) is 30.5 Å². The SMILES string of the molecule is CCC1(C(/N=C(\NC#N)Nc2cccnc2)NC(=O)c2ccc(Cl)cc2)COCOC1. The van der Waals surface area contributed by atoms with Gasteiger partial charge in [-0.3, -0.25) is 15.1 Å². The van der Waals surface area contributed by atoms with Crippen molar-refractivity contribution < 1.29 is 14.3 Å². The number of halogens is 1. The largest absolute Gasteiger partial charge is 0.355 e. The molecule has 1 aliphatic heterocycles. The fourth-order valence-electron chi connectivity index (χ4n) is 3.13. The van der Waals surface area contributed by atoms with Crippen molar-refractivity contribution in [3.8, 4) is 6.19 Å². The Morgan fingerprint density at radius 1 is 1.32 bits per heavy atom. The number of nitriles is 1. The Labute approximate surface area is 185 Å². The Morgan fingerprint density at radius 2 is 2.06 bits per heavy atom. The summed E-state index contributed by atoms with van der Waals surface area (Å²) in [6.45, 7) is 2.83. The first-order valence-electron chi connectivity index (χ1n) is 9.68. The molecule has 10 heteroatoms. The van der Waals surface area contributed by atoms with E-state index in [0.29, 0.717) is 35.9 Å². The maximum Gasteiger partial charge on any atom is 0.252 e. The molecule has 31 heavy (non-hydrogen) atoms. The number of ether oxygens (including phenoxy) is 2. The number of hydrogen-bond donors (Lipinski definition) is 3. The smallest absolute Gasteiger partial charge is 0.252 e. The summed E-state index contributed by atoms with van der Waals surface area (Å²) >= 11 is 5.93. The zero-order chi connectivity index (χ0) is 22.1. The molecule has 1 fully saturated rings. The van der Waals surface area contributed by atoms with Crippen LogP contribution in [0.4, 0.5) is 5.69 Å². The number of aromatic nitrogens is 1. The van der Waals surface area contributed by atoms with Gasteiger partial charge in [0.1, 0.15) is 13.0 Å². The number of hydrogen-bond acceptors (Lipinski definition) is 6. The predicted molar refractivity (Wildman–Crippen MR) is 116 cm³/mol. The van der Waals surface area contributed by atoms with Crippen molar-refractivity contribution in [2.24, 2.45) is 10.4 Å². The minimum Gasteiger partial charge on any atom is -0.355 e. The minimum absolute atomic E-state index is 0.162. The predicted octanol–water partition coefficient (Wildman–Crippen LogP) is 2.73. The van der Waals surface area contributed by atoms with Crippen LogP contribution >= 0.6 is 11.6 Å². The van der Waals surface area contributed by atoms with E-state index in [1.54, 1.807) is 48.8 Å². The number of pyridine rings is 1. The van der Waals surface area contributed by atoms with E-state index in [1.165, 1.54) is 0 Å². The molecular formula is C21H23ClN6O3. The highest BCUT2D eigenvalue weighted by molar-refractivity contribution is 6.30. The third-order valence-electron chi connectivity index (χ3n) is 4.96. The summed E-state index contributed by atoms with van der Waals surface area (Å²) in [5.74, 6) is -0.170. The van der Waals surface area contributed by atoms with Gasteiger partial charge in [-0.25, -0.2) is 4.99 Å². The van der Waals surface area contributed by atoms with Gasteiger partial charge in [-0.2, -0.15) is 5.26 Å². The zero-order valence-electron chi connectivity index (χ0n) is 17.0. The number of rotatable bonds is 6. The van der Waals surface area contributed by atoms with Gasteiger partial charge < -0.3 is 20.1 Å². The number of nitrogens with one attached hydrogen (secondary N) is 3. The molecular weight excluding hydrogens is 420 g/mol. The molecule has 0 spiro atoms. The van der Waals surface area contributed by atoms with Crippen LogP contribution in [0.15, 0.2) is 53.8 Å². The minimum atomic E-state index is -0.749. The lowest BCUT2D eigenvalue weighted by atomic mass is 9.82. The van der Waals surface area contributed by atoms with Crippen molar-refractivity contribution in [1.82, 2.24) is 15.6 Å². The van der Waals surface area contributed by atoms with Gasteiger partial charge in [-0.1, -0.05) is 18.5 Å². The highest BCUT2D eigenvalue weighted by atomic mass is 35.5. The summed E-state index contributed by atoms with van der Waals surface area (Å²) in [7, 11) is 0. The number of carbonyl (C=O) groups is 1. The topological polar surface area (TPSA) is 121 Å². The lowest BCUT2D eigenvalue weighted by Crippen LogP contribution is -2.54. The average molecular weight is 443 g/mol. The first-order chi connectivity index (χ1) is 15.1. The normalized spacial score (nSPS) is 16.6. The molecule has 0 radical (unpaired) electrons. The van der Waals surface area contributed by atoms with E-state index in [-0.39, 0.29) is 18.7 Å². The van der Waals surface area contributed by atoms with Gasteiger partial charge in [-0.05, 0) is 42.8 Å². The molecule has 1 amide bonds. The molecule has 1 atom stereocenters. The number of guanidine groups is 1. The van der Waals surface area contributed by atoms with E-state index in [1.807, 2.05) is 13.1 Å². The van der Waals surface area contributed by atoms with Crippen molar-refractivity contribution in [1.29, 1.82) is 5.26 Å². The van der Waals surface area contributed by atoms with Crippen LogP contribution in [0.25, 0.3) is 0 Å². The molecule has 0 aliphatic carbocycles. The molecule has 3 N–H and O–H groups in total. The summed E-state index contributed by atoms with van der Waals surface area (Å²) in [4.78, 5) is 21.6. The molecule has 1 aromatic carbocycles. The Morgan fingerprint density at radius 3 is 2.68 bits per heavy atom. The maximum atomic E-state index is 12.9. The highest BCUT2D eigenvalue weighted by Crippen LogP contribution is 2.32. The van der Waals surface area contributed by atoms with Crippen LogP contribution < -0.4 is 16.0 Å². The number of nitrogens with zero attached hydrogens (tertiary/aromatic N) is 3. The molecule has 2 aromatic rings. The van der Waals surface area contributed by atoms with Crippen molar-refractivity contribution in [2.75, 3.05) is 25.3 Å². The van der Waals surface area contributed by atoms with Crippen LogP contribution in [0.5, 0.6) is 0 Å². The fourth-order valence-corrected chi connectivity index (χ4v) is 3.25. The molecule has 9 nitrogen and oxygen atoms in total. The summed E-state index contributed by atoms with van der Waals surface area (Å²) in [5.41, 5.74) is 0.441. The van der Waals surface area contributed by atoms with Gasteiger partial charge in [-0.15, -0.1) is 0 Å². The molecule has 1 aromatic heterocycles. The Balaban J connectivity index is 1.93. The summed E-state index contributed by atoms with van der Waals surface area (Å²) < 4.78 is 11.1. The standard InChI is InChI=1S/C21H23ClN6O3/c1-2-21(11-30-14-31-12-21)19(27-18(29)15-5-7-16(22)8-6-15)28-20(25-13-23)26-17-4-3-9-24-10-17/h3-10,19H,2,11-12,14H2,1H3,(H,27,29)(H2,25,26,28). The summed E-state index contributed by atoms with van der Waals surface area (Å²) in [6, 6.07) is 10.1. The van der Waals surface area contributed by atoms with Gasteiger partial charge in [0.2, 0.25) is 5.96 Å². The Bertz CT molecular complexity index is 940. The Hall–Kier alpha value is -3.19. The van der Waals surface area contributed by atoms with Crippen LogP contribution in [0.2, 0.25) is 5.02 Å². The van der Waals surface area contributed by atoms with Crippen molar-refractivity contribution in [3.63, 3.8) is 0 Å². The van der Waals surface area contributed by atoms with Crippen LogP contribution in [0.1, 0.15) is 23.7 Å². The number of amides is 1. The van der Waals surface area contributed by atoms with Crippen LogP contribution in [-0.4, -0.2) is 43.0 Å². The molecule has 1 unspecified atom stereocenters. The molecule has 1 saturated heterocycles. The monoisotopic (exact) mass is 442 g/mol. The first kappa shape index (κ1) is 22.5. The van der Waals surface area contributed by atoms with Crippen LogP contribution in [-0.2, 0) is 9.47 Å². The molecule has 1 aliphatic rings. The second-order valence-corrected chi connectivity index (χ2v) is 7.43. The third-order valence-corrected chi connectivity index (χ3v) is 5.21. The van der Waals surface area contributed by atoms with Gasteiger partial charge in [0, 0.05) is 16.8 Å². The number of aliphatic imine (C=N–C) groups is 1. The lowest BCUT2D eigenvalue weighted by molar-refractivity contribution is -0.173. The van der Waals surface area contributed by atoms with Gasteiger partial charge in [0.25, 0.3) is 5.91 Å². The van der Waals surface area contributed by atoms with E-state index in [9.17, 15) is 10.1 Å². The summed E-state index contributed by atoms with van der Waals surface area (Å²) in [6.07, 6.45) is 4.97. The maximum absolute atomic E-state index is 12.9. The zero-order valence-corrected chi connectivity index (χ0v) is 17.7. The second kappa shape index (κ2) is 10.7. The molecule has 162 valence electrons. The van der Waals surface area contributed by atoms with Crippen molar-refractivity contribution in [2.45, 2.75) is 19.5 Å².